The molecule has 0 spiro atoms. The smallest absolute Gasteiger partial charge is 0.400 e. The van der Waals surface area contributed by atoms with Crippen LogP contribution in [0.3, 0.4) is 0 Å². The van der Waals surface area contributed by atoms with Crippen LogP contribution < -0.4 is 0 Å². The zero-order chi connectivity index (χ0) is 76.3. The van der Waals surface area contributed by atoms with E-state index in [0.717, 1.165) is 102 Å². The maximum Gasteiger partial charge on any atom is 0.493 e. The van der Waals surface area contributed by atoms with Crippen molar-refractivity contribution in [3.05, 3.63) is 232 Å². The summed E-state index contributed by atoms with van der Waals surface area (Å²) in [6.45, 7) is 27.8. The van der Waals surface area contributed by atoms with Gasteiger partial charge in [-0.3, -0.25) is 0 Å². The van der Waals surface area contributed by atoms with Gasteiger partial charge in [0.15, 0.2) is 0 Å². The van der Waals surface area contributed by atoms with Gasteiger partial charge in [0.05, 0.1) is 0 Å². The number of unbranched alkanes of at least 4 members (excludes halogenated alkanes) is 1. The topological polar surface area (TPSA) is 133 Å². The van der Waals surface area contributed by atoms with E-state index in [4.69, 9.17) is 65.5 Å². The molecule has 4 bridgehead atoms. The van der Waals surface area contributed by atoms with Crippen molar-refractivity contribution in [1.82, 2.24) is 0 Å². The van der Waals surface area contributed by atoms with Crippen LogP contribution in [-0.4, -0.2) is 123 Å². The molecule has 0 fully saturated rings. The number of aliphatic hydroxyl groups is 2. The second-order valence-corrected chi connectivity index (χ2v) is 40.6. The highest BCUT2D eigenvalue weighted by Gasteiger charge is 2.53. The van der Waals surface area contributed by atoms with Gasteiger partial charge in [0.2, 0.25) is 0 Å². The van der Waals surface area contributed by atoms with Crippen LogP contribution >= 0.6 is 23.2 Å². The molecule has 3 heterocycles. The number of aryl methyl sites for hydroxylation is 5. The fraction of sp³-hybridized carbons (Fsp3) is 0.500. The lowest BCUT2D eigenvalue weighted by atomic mass is 9.67. The van der Waals surface area contributed by atoms with Gasteiger partial charge in [-0.2, -0.15) is 0 Å². The molecule has 0 amide bonds. The molecule has 0 saturated carbocycles. The highest BCUT2D eigenvalue weighted by molar-refractivity contribution is 6.75. The van der Waals surface area contributed by atoms with Crippen molar-refractivity contribution in [1.29, 1.82) is 0 Å². The van der Waals surface area contributed by atoms with E-state index in [1.54, 1.807) is 56.9 Å². The highest BCUT2D eigenvalue weighted by atomic mass is 35.5. The van der Waals surface area contributed by atoms with Crippen LogP contribution in [-0.2, 0) is 81.6 Å². The van der Waals surface area contributed by atoms with Crippen LogP contribution in [0.15, 0.2) is 165 Å². The van der Waals surface area contributed by atoms with Crippen molar-refractivity contribution in [2.24, 2.45) is 10.8 Å². The van der Waals surface area contributed by atoms with Crippen LogP contribution in [0.4, 0.5) is 0 Å². The Labute approximate surface area is 633 Å². The van der Waals surface area contributed by atoms with Crippen LogP contribution in [0, 0.1) is 10.8 Å². The second-order valence-electron chi connectivity index (χ2n) is 28.0. The standard InChI is InChI=1S/C43H65ClO5Si2.C26H38O5Si2.C12H16.CH3Cl.2CH4O/c1-42(2,3)30-39-29-40(41(31-43(4,5)6)38-25-19-35(32-44)20-26-38)37-23-17-34(18-24-37)14-12-28-51(47-9,48-10)49-50(45-7,46-8)27-11-13-33-15-21-36(39)22-16-33;1-7-23-13-17-25(18-14-23)11-9-21-32(27-3,28-4)31-33(29-5,30-6)22-10-12-26-19-15-24(8-2)16-20-26;1-3-5-6-12-9-7-11(4-2)8-10-12;3*1-2/h15-26,39-41H,11-14,27-32H2,1-10H3;7-8,13-20H,1-2,9-12,21-22H2,3-6H3;4,7-10H,2-3,5-6H2,1H3;1H3;2*2H,1H3. The zero-order valence-electron chi connectivity index (χ0n) is 65.6. The summed E-state index contributed by atoms with van der Waals surface area (Å²) in [6.07, 6.45) is 21.3. The van der Waals surface area contributed by atoms with E-state index >= 15 is 0 Å². The molecule has 6 aromatic carbocycles. The second kappa shape index (κ2) is 50.1. The van der Waals surface area contributed by atoms with E-state index in [9.17, 15) is 0 Å². The fourth-order valence-corrected chi connectivity index (χ4v) is 25.9. The van der Waals surface area contributed by atoms with Gasteiger partial charge >= 0.3 is 35.2 Å². The minimum atomic E-state index is -3.04. The summed E-state index contributed by atoms with van der Waals surface area (Å²) in [7, 11) is 3.43. The van der Waals surface area contributed by atoms with E-state index in [2.05, 4.69) is 225 Å². The van der Waals surface area contributed by atoms with Crippen molar-refractivity contribution in [2.75, 3.05) is 77.5 Å². The Kier molecular flexibility index (Phi) is 46.0. The molecule has 3 aliphatic heterocycles. The third kappa shape index (κ3) is 32.7. The summed E-state index contributed by atoms with van der Waals surface area (Å²) >= 11 is 10.9. The molecule has 12 nitrogen and oxygen atoms in total. The average Bonchev–Trinajstić information content (AvgIpc) is 0.791. The van der Waals surface area contributed by atoms with Gasteiger partial charge in [-0.25, -0.2) is 0 Å². The summed E-state index contributed by atoms with van der Waals surface area (Å²) < 4.78 is 60.9. The summed E-state index contributed by atoms with van der Waals surface area (Å²) in [4.78, 5) is 0. The molecular formula is C84H130Cl2O12Si4. The molecule has 568 valence electrons. The summed E-state index contributed by atoms with van der Waals surface area (Å²) in [6, 6.07) is 56.2. The Morgan fingerprint density at radius 3 is 1.17 bits per heavy atom. The maximum atomic E-state index is 7.00. The molecular weight excluding hydrogens is 1380 g/mol. The number of fused-ring (bicyclic) bond motifs is 2. The molecule has 102 heavy (non-hydrogen) atoms. The number of hydrogen-bond donors (Lipinski definition) is 2. The third-order valence-electron chi connectivity index (χ3n) is 18.5. The van der Waals surface area contributed by atoms with E-state index in [1.165, 1.54) is 75.7 Å². The quantitative estimate of drug-likeness (QED) is 0.0342. The Balaban J connectivity index is 0.000000589. The minimum absolute atomic E-state index is 0.160. The molecule has 0 aliphatic carbocycles. The molecule has 0 saturated heterocycles. The van der Waals surface area contributed by atoms with Gasteiger partial charge in [-0.1, -0.05) is 238 Å². The Morgan fingerprint density at radius 2 is 0.853 bits per heavy atom. The molecule has 0 aromatic heterocycles. The Hall–Kier alpha value is -4.49. The third-order valence-corrected chi connectivity index (χ3v) is 32.6. The van der Waals surface area contributed by atoms with Gasteiger partial charge in [0, 0.05) is 108 Å². The van der Waals surface area contributed by atoms with Crippen molar-refractivity contribution >= 4 is 76.6 Å². The number of rotatable bonds is 29. The van der Waals surface area contributed by atoms with Crippen LogP contribution in [0.5, 0.6) is 0 Å². The monoisotopic (exact) mass is 1510 g/mol. The largest absolute Gasteiger partial charge is 0.493 e. The van der Waals surface area contributed by atoms with E-state index in [-0.39, 0.29) is 10.8 Å². The highest BCUT2D eigenvalue weighted by Crippen LogP contribution is 2.48. The van der Waals surface area contributed by atoms with Crippen molar-refractivity contribution in [2.45, 2.75) is 186 Å². The van der Waals surface area contributed by atoms with Gasteiger partial charge in [-0.05, 0) is 179 Å². The lowest BCUT2D eigenvalue weighted by Gasteiger charge is -2.37. The number of hydrogen-bond acceptors (Lipinski definition) is 12. The van der Waals surface area contributed by atoms with Gasteiger partial charge in [0.1, 0.15) is 0 Å². The molecule has 18 heteroatoms. The number of aliphatic hydroxyl groups excluding tert-OH is 2. The minimum Gasteiger partial charge on any atom is -0.400 e. The number of alkyl halides is 2. The van der Waals surface area contributed by atoms with Crippen molar-refractivity contribution < 1.29 is 53.9 Å². The maximum absolute atomic E-state index is 7.00. The van der Waals surface area contributed by atoms with Crippen LogP contribution in [0.1, 0.15) is 191 Å². The Morgan fingerprint density at radius 1 is 0.500 bits per heavy atom. The summed E-state index contributed by atoms with van der Waals surface area (Å²) in [5.41, 5.74) is 15.8. The first-order valence-electron chi connectivity index (χ1n) is 36.1. The van der Waals surface area contributed by atoms with E-state index < -0.39 is 35.2 Å². The van der Waals surface area contributed by atoms with Gasteiger partial charge < -0.3 is 53.9 Å². The number of benzene rings is 6. The normalized spacial score (nSPS) is 15.7. The molecule has 3 unspecified atom stereocenters. The first-order valence-corrected chi connectivity index (χ1v) is 45.1. The zero-order valence-corrected chi connectivity index (χ0v) is 71.1. The van der Waals surface area contributed by atoms with Crippen molar-refractivity contribution in [3.8, 4) is 0 Å². The van der Waals surface area contributed by atoms with E-state index in [1.807, 2.05) is 18.2 Å². The predicted octanol–water partition coefficient (Wildman–Crippen LogP) is 21.5. The molecule has 6 aromatic rings. The van der Waals surface area contributed by atoms with E-state index in [0.29, 0.717) is 47.8 Å². The molecule has 9 rings (SSSR count). The van der Waals surface area contributed by atoms with Gasteiger partial charge in [0.25, 0.3) is 0 Å². The number of halogens is 2. The molecule has 3 aliphatic rings. The molecule has 3 atom stereocenters. The SMILES string of the molecule is C=Cc1ccc(CCCC)cc1.C=Cc1ccc(CCC[Si](OC)(OC)O[Si](CCCc2ccc(C=C)cc2)(OC)OC)cc1.CCl.CO.CO.CO[Si]1(OC)CCCc2ccc(cc2)C(CC(C)(C)C)CC(C(CC(C)(C)C)c2ccc(CCl)cc2)c2ccc(cc2)CCC[Si](OC)(OC)O1. The van der Waals surface area contributed by atoms with Crippen LogP contribution in [0.25, 0.3) is 18.2 Å². The average molecular weight is 1520 g/mol. The lowest BCUT2D eigenvalue weighted by molar-refractivity contribution is 0.0848. The lowest BCUT2D eigenvalue weighted by Crippen LogP contribution is -2.57. The van der Waals surface area contributed by atoms with Crippen LogP contribution in [0.2, 0.25) is 24.2 Å². The fourth-order valence-electron chi connectivity index (χ4n) is 12.8. The predicted molar refractivity (Wildman–Crippen MR) is 440 cm³/mol. The molecule has 2 N–H and O–H groups in total. The van der Waals surface area contributed by atoms with Crippen molar-refractivity contribution in [3.63, 3.8) is 0 Å². The summed E-state index contributed by atoms with van der Waals surface area (Å²) in [5.74, 6) is 1.65. The first-order chi connectivity index (χ1) is 49.0. The summed E-state index contributed by atoms with van der Waals surface area (Å²) in [5, 5.41) is 14.0. The first kappa shape index (κ1) is 93.6. The Bertz CT molecular complexity index is 3070. The van der Waals surface area contributed by atoms with Gasteiger partial charge in [-0.15, -0.1) is 23.2 Å². The molecule has 0 radical (unpaired) electrons.